The summed E-state index contributed by atoms with van der Waals surface area (Å²) in [5.74, 6) is 0.823. The molecular formula is C13H24N2O2. The monoisotopic (exact) mass is 240 g/mol. The fourth-order valence-corrected chi connectivity index (χ4v) is 2.89. The van der Waals surface area contributed by atoms with Crippen LogP contribution in [0, 0.1) is 11.8 Å². The Kier molecular flexibility index (Phi) is 4.05. The lowest BCUT2D eigenvalue weighted by atomic mass is 9.91. The first-order valence-corrected chi connectivity index (χ1v) is 6.74. The lowest BCUT2D eigenvalue weighted by Gasteiger charge is -2.35. The number of hydrogen-bond donors (Lipinski definition) is 1. The average molecular weight is 240 g/mol. The Morgan fingerprint density at radius 2 is 2.29 bits per heavy atom. The van der Waals surface area contributed by atoms with Gasteiger partial charge in [-0.25, -0.2) is 0 Å². The van der Waals surface area contributed by atoms with Gasteiger partial charge in [-0.2, -0.15) is 0 Å². The number of carbonyl (C=O) groups is 1. The van der Waals surface area contributed by atoms with Crippen LogP contribution >= 0.6 is 0 Å². The van der Waals surface area contributed by atoms with E-state index in [9.17, 15) is 4.79 Å². The summed E-state index contributed by atoms with van der Waals surface area (Å²) in [7, 11) is 0. The molecule has 17 heavy (non-hydrogen) atoms. The van der Waals surface area contributed by atoms with Crippen LogP contribution in [0.5, 0.6) is 0 Å². The van der Waals surface area contributed by atoms with Gasteiger partial charge in [0.05, 0.1) is 18.6 Å². The summed E-state index contributed by atoms with van der Waals surface area (Å²) in [6, 6.07) is 0.185. The highest BCUT2D eigenvalue weighted by atomic mass is 16.5. The number of amides is 1. The van der Waals surface area contributed by atoms with Crippen molar-refractivity contribution in [2.45, 2.75) is 45.3 Å². The molecule has 2 aliphatic heterocycles. The zero-order valence-electron chi connectivity index (χ0n) is 10.9. The van der Waals surface area contributed by atoms with Crippen LogP contribution in [0.25, 0.3) is 0 Å². The summed E-state index contributed by atoms with van der Waals surface area (Å²) in [4.78, 5) is 14.3. The molecular weight excluding hydrogens is 216 g/mol. The molecule has 0 radical (unpaired) electrons. The Hall–Kier alpha value is -0.610. The van der Waals surface area contributed by atoms with E-state index < -0.39 is 0 Å². The van der Waals surface area contributed by atoms with Gasteiger partial charge in [0.25, 0.3) is 0 Å². The number of nitrogens with two attached hydrogens (primary N) is 1. The Balaban J connectivity index is 1.90. The van der Waals surface area contributed by atoms with E-state index in [4.69, 9.17) is 10.5 Å². The predicted octanol–water partition coefficient (Wildman–Crippen LogP) is 0.997. The number of nitrogens with zero attached hydrogens (tertiary/aromatic N) is 1. The van der Waals surface area contributed by atoms with E-state index in [1.54, 1.807) is 0 Å². The molecule has 0 saturated carbocycles. The van der Waals surface area contributed by atoms with Gasteiger partial charge in [0.1, 0.15) is 0 Å². The molecule has 0 aliphatic carbocycles. The number of likely N-dealkylation sites (tertiary alicyclic amines) is 1. The standard InChI is InChI=1S/C13H24N2O2/c1-9-6-12(8-17-9)13(16)15-5-3-4-11(7-15)10(2)14/h9-12H,3-8,14H2,1-2H3. The van der Waals surface area contributed by atoms with E-state index in [1.807, 2.05) is 18.7 Å². The molecule has 1 amide bonds. The largest absolute Gasteiger partial charge is 0.378 e. The van der Waals surface area contributed by atoms with Crippen molar-refractivity contribution < 1.29 is 9.53 Å². The molecule has 4 heteroatoms. The Morgan fingerprint density at radius 3 is 2.88 bits per heavy atom. The fraction of sp³-hybridized carbons (Fsp3) is 0.923. The van der Waals surface area contributed by atoms with Gasteiger partial charge in [0.15, 0.2) is 0 Å². The minimum absolute atomic E-state index is 0.0804. The molecule has 4 nitrogen and oxygen atoms in total. The van der Waals surface area contributed by atoms with Gasteiger partial charge in [0.2, 0.25) is 5.91 Å². The molecule has 4 atom stereocenters. The number of rotatable bonds is 2. The lowest BCUT2D eigenvalue weighted by Crippen LogP contribution is -2.47. The normalized spacial score (nSPS) is 35.9. The fourth-order valence-electron chi connectivity index (χ4n) is 2.89. The van der Waals surface area contributed by atoms with Crippen LogP contribution in [0.1, 0.15) is 33.1 Å². The summed E-state index contributed by atoms with van der Waals surface area (Å²) in [6.07, 6.45) is 3.34. The summed E-state index contributed by atoms with van der Waals surface area (Å²) < 4.78 is 5.48. The van der Waals surface area contributed by atoms with Crippen molar-refractivity contribution in [2.75, 3.05) is 19.7 Å². The van der Waals surface area contributed by atoms with Crippen LogP contribution in [-0.2, 0) is 9.53 Å². The Bertz CT molecular complexity index is 281. The molecule has 98 valence electrons. The number of ether oxygens (including phenoxy) is 1. The zero-order chi connectivity index (χ0) is 12.4. The van der Waals surface area contributed by atoms with Crippen LogP contribution in [0.15, 0.2) is 0 Å². The van der Waals surface area contributed by atoms with E-state index >= 15 is 0 Å². The summed E-state index contributed by atoms with van der Waals surface area (Å²) >= 11 is 0. The van der Waals surface area contributed by atoms with Gasteiger partial charge in [-0.3, -0.25) is 4.79 Å². The summed E-state index contributed by atoms with van der Waals surface area (Å²) in [6.45, 7) is 6.40. The first-order chi connectivity index (χ1) is 8.08. The highest BCUT2D eigenvalue weighted by molar-refractivity contribution is 5.79. The van der Waals surface area contributed by atoms with Crippen molar-refractivity contribution in [1.29, 1.82) is 0 Å². The third-order valence-electron chi connectivity index (χ3n) is 4.06. The minimum atomic E-state index is 0.0804. The quantitative estimate of drug-likeness (QED) is 0.783. The van der Waals surface area contributed by atoms with Gasteiger partial charge in [-0.15, -0.1) is 0 Å². The highest BCUT2D eigenvalue weighted by Gasteiger charge is 2.34. The summed E-state index contributed by atoms with van der Waals surface area (Å²) in [5.41, 5.74) is 5.94. The van der Waals surface area contributed by atoms with Gasteiger partial charge in [-0.05, 0) is 39.0 Å². The second-order valence-corrected chi connectivity index (χ2v) is 5.62. The molecule has 4 unspecified atom stereocenters. The SMILES string of the molecule is CC1CC(C(=O)N2CCCC(C(C)N)C2)CO1. The van der Waals surface area contributed by atoms with E-state index in [1.165, 1.54) is 0 Å². The number of piperidine rings is 1. The Morgan fingerprint density at radius 1 is 1.53 bits per heavy atom. The molecule has 2 aliphatic rings. The van der Waals surface area contributed by atoms with E-state index in [2.05, 4.69) is 0 Å². The topological polar surface area (TPSA) is 55.6 Å². The van der Waals surface area contributed by atoms with E-state index in [0.29, 0.717) is 12.5 Å². The minimum Gasteiger partial charge on any atom is -0.378 e. The van der Waals surface area contributed by atoms with Crippen LogP contribution in [-0.4, -0.2) is 42.6 Å². The molecule has 2 saturated heterocycles. The van der Waals surface area contributed by atoms with Crippen LogP contribution in [0.2, 0.25) is 0 Å². The van der Waals surface area contributed by atoms with Crippen LogP contribution in [0.3, 0.4) is 0 Å². The van der Waals surface area contributed by atoms with Gasteiger partial charge >= 0.3 is 0 Å². The smallest absolute Gasteiger partial charge is 0.228 e. The van der Waals surface area contributed by atoms with Crippen LogP contribution in [0.4, 0.5) is 0 Å². The zero-order valence-corrected chi connectivity index (χ0v) is 10.9. The summed E-state index contributed by atoms with van der Waals surface area (Å²) in [5, 5.41) is 0. The molecule has 0 aromatic heterocycles. The van der Waals surface area contributed by atoms with Gasteiger partial charge in [-0.1, -0.05) is 0 Å². The molecule has 2 rings (SSSR count). The molecule has 2 fully saturated rings. The van der Waals surface area contributed by atoms with Crippen molar-refractivity contribution in [2.24, 2.45) is 17.6 Å². The first kappa shape index (κ1) is 12.8. The van der Waals surface area contributed by atoms with Gasteiger partial charge < -0.3 is 15.4 Å². The van der Waals surface area contributed by atoms with Crippen molar-refractivity contribution in [3.63, 3.8) is 0 Å². The first-order valence-electron chi connectivity index (χ1n) is 6.74. The predicted molar refractivity (Wildman–Crippen MR) is 66.5 cm³/mol. The lowest BCUT2D eigenvalue weighted by molar-refractivity contribution is -0.137. The van der Waals surface area contributed by atoms with E-state index in [-0.39, 0.29) is 24.0 Å². The average Bonchev–Trinajstić information content (AvgIpc) is 2.75. The van der Waals surface area contributed by atoms with Crippen molar-refractivity contribution >= 4 is 5.91 Å². The van der Waals surface area contributed by atoms with Crippen molar-refractivity contribution in [3.05, 3.63) is 0 Å². The van der Waals surface area contributed by atoms with Crippen molar-refractivity contribution in [3.8, 4) is 0 Å². The Labute approximate surface area is 103 Å². The molecule has 2 N–H and O–H groups in total. The third-order valence-corrected chi connectivity index (χ3v) is 4.06. The van der Waals surface area contributed by atoms with E-state index in [0.717, 1.165) is 32.4 Å². The van der Waals surface area contributed by atoms with Crippen LogP contribution < -0.4 is 5.73 Å². The third kappa shape index (κ3) is 2.99. The molecule has 0 bridgehead atoms. The maximum Gasteiger partial charge on any atom is 0.228 e. The van der Waals surface area contributed by atoms with Gasteiger partial charge in [0, 0.05) is 19.1 Å². The molecule has 2 heterocycles. The number of carbonyl (C=O) groups excluding carboxylic acids is 1. The highest BCUT2D eigenvalue weighted by Crippen LogP contribution is 2.25. The van der Waals surface area contributed by atoms with Crippen molar-refractivity contribution in [1.82, 2.24) is 4.90 Å². The second kappa shape index (κ2) is 5.36. The number of hydrogen-bond acceptors (Lipinski definition) is 3. The maximum absolute atomic E-state index is 12.3. The maximum atomic E-state index is 12.3. The molecule has 0 spiro atoms. The second-order valence-electron chi connectivity index (χ2n) is 5.62. The molecule has 0 aromatic carbocycles. The molecule has 0 aromatic rings.